The van der Waals surface area contributed by atoms with Crippen LogP contribution in [0.4, 0.5) is 5.82 Å². The van der Waals surface area contributed by atoms with Crippen LogP contribution >= 0.6 is 0 Å². The Morgan fingerprint density at radius 2 is 2.00 bits per heavy atom. The van der Waals surface area contributed by atoms with E-state index in [1.54, 1.807) is 18.6 Å². The van der Waals surface area contributed by atoms with Gasteiger partial charge in [-0.05, 0) is 49.1 Å². The summed E-state index contributed by atoms with van der Waals surface area (Å²) in [5, 5.41) is 11.9. The summed E-state index contributed by atoms with van der Waals surface area (Å²) in [4.78, 5) is 17.7. The molecule has 1 aromatic carbocycles. The van der Waals surface area contributed by atoms with Crippen LogP contribution in [0.2, 0.25) is 0 Å². The second-order valence-electron chi connectivity index (χ2n) is 7.48. The number of benzene rings is 1. The van der Waals surface area contributed by atoms with Crippen molar-refractivity contribution in [2.24, 2.45) is 0 Å². The lowest BCUT2D eigenvalue weighted by Crippen LogP contribution is -2.20. The Bertz CT molecular complexity index is 1350. The van der Waals surface area contributed by atoms with Crippen LogP contribution in [-0.2, 0) is 12.0 Å². The van der Waals surface area contributed by atoms with Crippen LogP contribution in [0.3, 0.4) is 0 Å². The van der Waals surface area contributed by atoms with Gasteiger partial charge in [0.1, 0.15) is 11.3 Å². The van der Waals surface area contributed by atoms with Gasteiger partial charge in [0.15, 0.2) is 11.4 Å². The summed E-state index contributed by atoms with van der Waals surface area (Å²) in [6, 6.07) is 11.5. The van der Waals surface area contributed by atoms with E-state index in [1.807, 2.05) is 43.3 Å². The molecule has 4 aromatic rings. The van der Waals surface area contributed by atoms with Crippen LogP contribution in [-0.4, -0.2) is 25.0 Å². The summed E-state index contributed by atoms with van der Waals surface area (Å²) < 4.78 is 0. The van der Waals surface area contributed by atoms with Gasteiger partial charge in [-0.15, -0.1) is 0 Å². The van der Waals surface area contributed by atoms with Crippen molar-refractivity contribution in [3.63, 3.8) is 0 Å². The van der Waals surface area contributed by atoms with Crippen LogP contribution in [0.25, 0.3) is 22.3 Å². The molecule has 0 radical (unpaired) electrons. The molecule has 3 N–H and O–H groups in total. The van der Waals surface area contributed by atoms with Crippen LogP contribution < -0.4 is 5.73 Å². The highest BCUT2D eigenvalue weighted by Crippen LogP contribution is 2.34. The molecule has 0 aliphatic heterocycles. The van der Waals surface area contributed by atoms with Crippen molar-refractivity contribution >= 4 is 16.7 Å². The molecule has 3 heterocycles. The number of aryl methyl sites for hydroxylation is 2. The van der Waals surface area contributed by atoms with Crippen LogP contribution in [0, 0.1) is 18.8 Å². The van der Waals surface area contributed by atoms with Gasteiger partial charge in [-0.25, -0.2) is 15.0 Å². The number of aromatic nitrogens is 4. The van der Waals surface area contributed by atoms with Crippen LogP contribution in [0.15, 0.2) is 55.0 Å². The van der Waals surface area contributed by atoms with Gasteiger partial charge in [-0.3, -0.25) is 4.98 Å². The number of nitrogens with two attached hydrogens (primary N) is 1. The highest BCUT2D eigenvalue weighted by molar-refractivity contribution is 5.90. The molecule has 1 aliphatic rings. The normalized spacial score (nSPS) is 17.4. The number of aliphatic hydroxyl groups is 1. The number of rotatable bonds is 1. The molecule has 3 aromatic heterocycles. The number of pyridine rings is 2. The third kappa shape index (κ3) is 3.06. The first-order valence-electron chi connectivity index (χ1n) is 9.72. The second kappa shape index (κ2) is 6.90. The Morgan fingerprint density at radius 3 is 2.90 bits per heavy atom. The van der Waals surface area contributed by atoms with E-state index < -0.39 is 5.60 Å². The van der Waals surface area contributed by atoms with E-state index >= 15 is 0 Å². The standard InChI is InChI=1S/C24H19N5O/c1-15-13-27-22(25)20-19(15)14-28-23(29-20)18-5-2-4-16(12-18)7-9-24(30)10-8-17-6-3-11-26-21(17)24/h2-6,11-14,30H,8,10H2,1H3,(H2,25,27). The minimum absolute atomic E-state index is 0.379. The van der Waals surface area contributed by atoms with Gasteiger partial charge < -0.3 is 10.8 Å². The summed E-state index contributed by atoms with van der Waals surface area (Å²) in [5.74, 6) is 7.06. The summed E-state index contributed by atoms with van der Waals surface area (Å²) in [6.45, 7) is 1.95. The first-order chi connectivity index (χ1) is 14.5. The molecule has 6 heteroatoms. The summed E-state index contributed by atoms with van der Waals surface area (Å²) in [5.41, 5.74) is 9.71. The molecule has 0 saturated heterocycles. The molecule has 146 valence electrons. The number of nitrogen functional groups attached to an aromatic ring is 1. The predicted molar refractivity (Wildman–Crippen MR) is 115 cm³/mol. The van der Waals surface area contributed by atoms with E-state index in [1.165, 1.54) is 0 Å². The topological polar surface area (TPSA) is 97.8 Å². The van der Waals surface area contributed by atoms with Gasteiger partial charge >= 0.3 is 0 Å². The van der Waals surface area contributed by atoms with E-state index in [9.17, 15) is 5.11 Å². The molecule has 5 rings (SSSR count). The molecule has 1 atom stereocenters. The molecule has 0 saturated carbocycles. The van der Waals surface area contributed by atoms with Crippen molar-refractivity contribution in [2.75, 3.05) is 5.73 Å². The average molecular weight is 393 g/mol. The largest absolute Gasteiger partial charge is 0.382 e. The first kappa shape index (κ1) is 18.2. The van der Waals surface area contributed by atoms with Gasteiger partial charge in [0, 0.05) is 35.1 Å². The maximum absolute atomic E-state index is 11.0. The van der Waals surface area contributed by atoms with Crippen molar-refractivity contribution in [1.29, 1.82) is 0 Å². The number of fused-ring (bicyclic) bond motifs is 2. The van der Waals surface area contributed by atoms with Crippen LogP contribution in [0.1, 0.15) is 28.8 Å². The molecule has 1 aliphatic carbocycles. The zero-order chi connectivity index (χ0) is 20.7. The number of hydrogen-bond donors (Lipinski definition) is 2. The molecule has 30 heavy (non-hydrogen) atoms. The SMILES string of the molecule is Cc1cnc(N)c2nc(-c3cccc(C#CC4(O)CCc5cccnc54)c3)ncc12. The fourth-order valence-corrected chi connectivity index (χ4v) is 3.78. The van der Waals surface area contributed by atoms with E-state index in [-0.39, 0.29) is 0 Å². The Morgan fingerprint density at radius 1 is 1.10 bits per heavy atom. The van der Waals surface area contributed by atoms with E-state index in [4.69, 9.17) is 5.73 Å². The lowest BCUT2D eigenvalue weighted by atomic mass is 10.0. The third-order valence-electron chi connectivity index (χ3n) is 5.43. The monoisotopic (exact) mass is 393 g/mol. The molecule has 0 amide bonds. The molecule has 0 spiro atoms. The van der Waals surface area contributed by atoms with Crippen LogP contribution in [0.5, 0.6) is 0 Å². The number of nitrogens with zero attached hydrogens (tertiary/aromatic N) is 4. The molecular formula is C24H19N5O. The van der Waals surface area contributed by atoms with Crippen molar-refractivity contribution in [3.8, 4) is 23.2 Å². The van der Waals surface area contributed by atoms with E-state index in [0.29, 0.717) is 29.3 Å². The predicted octanol–water partition coefficient (Wildman–Crippen LogP) is 3.16. The highest BCUT2D eigenvalue weighted by atomic mass is 16.3. The van der Waals surface area contributed by atoms with Crippen molar-refractivity contribution in [2.45, 2.75) is 25.4 Å². The lowest BCUT2D eigenvalue weighted by molar-refractivity contribution is 0.0982. The Balaban J connectivity index is 1.52. The summed E-state index contributed by atoms with van der Waals surface area (Å²) in [6.07, 6.45) is 6.50. The first-order valence-corrected chi connectivity index (χ1v) is 9.72. The zero-order valence-corrected chi connectivity index (χ0v) is 16.4. The lowest BCUT2D eigenvalue weighted by Gasteiger charge is -2.15. The Kier molecular flexibility index (Phi) is 4.19. The quantitative estimate of drug-likeness (QED) is 0.482. The van der Waals surface area contributed by atoms with Crippen molar-refractivity contribution in [3.05, 3.63) is 77.4 Å². The average Bonchev–Trinajstić information content (AvgIpc) is 3.12. The number of anilines is 1. The number of hydrogen-bond acceptors (Lipinski definition) is 6. The third-order valence-corrected chi connectivity index (χ3v) is 5.43. The molecular weight excluding hydrogens is 374 g/mol. The highest BCUT2D eigenvalue weighted by Gasteiger charge is 2.36. The molecule has 1 unspecified atom stereocenters. The van der Waals surface area contributed by atoms with Gasteiger partial charge in [0.2, 0.25) is 0 Å². The minimum atomic E-state index is -1.22. The maximum atomic E-state index is 11.0. The Hall–Kier alpha value is -3.82. The fourth-order valence-electron chi connectivity index (χ4n) is 3.78. The van der Waals surface area contributed by atoms with E-state index in [0.717, 1.165) is 34.1 Å². The van der Waals surface area contributed by atoms with E-state index in [2.05, 4.69) is 31.8 Å². The molecule has 0 bridgehead atoms. The fraction of sp³-hybridized carbons (Fsp3) is 0.167. The van der Waals surface area contributed by atoms with Crippen molar-refractivity contribution in [1.82, 2.24) is 19.9 Å². The van der Waals surface area contributed by atoms with Gasteiger partial charge in [-0.2, -0.15) is 0 Å². The van der Waals surface area contributed by atoms with Crippen molar-refractivity contribution < 1.29 is 5.11 Å². The molecule has 6 nitrogen and oxygen atoms in total. The zero-order valence-electron chi connectivity index (χ0n) is 16.4. The molecule has 0 fully saturated rings. The van der Waals surface area contributed by atoms with Gasteiger partial charge in [-0.1, -0.05) is 30.0 Å². The summed E-state index contributed by atoms with van der Waals surface area (Å²) >= 11 is 0. The smallest absolute Gasteiger partial charge is 0.168 e. The second-order valence-corrected chi connectivity index (χ2v) is 7.48. The van der Waals surface area contributed by atoms with Gasteiger partial charge in [0.25, 0.3) is 0 Å². The minimum Gasteiger partial charge on any atom is -0.382 e. The Labute approximate surface area is 173 Å². The van der Waals surface area contributed by atoms with Gasteiger partial charge in [0.05, 0.1) is 5.69 Å². The maximum Gasteiger partial charge on any atom is 0.168 e. The summed E-state index contributed by atoms with van der Waals surface area (Å²) in [7, 11) is 0.